The molecule has 12 heavy (non-hydrogen) atoms. The van der Waals surface area contributed by atoms with Crippen LogP contribution in [-0.4, -0.2) is 22.2 Å². The van der Waals surface area contributed by atoms with Crippen LogP contribution in [0.25, 0.3) is 0 Å². The molecule has 1 unspecified atom stereocenters. The third kappa shape index (κ3) is 1.72. The maximum absolute atomic E-state index is 10.4. The van der Waals surface area contributed by atoms with E-state index >= 15 is 0 Å². The quantitative estimate of drug-likeness (QED) is 0.635. The lowest BCUT2D eigenvalue weighted by Crippen LogP contribution is -2.13. The minimum absolute atomic E-state index is 0.160. The topological polar surface area (TPSA) is 74.6 Å². The summed E-state index contributed by atoms with van der Waals surface area (Å²) in [5.74, 6) is -2.52. The van der Waals surface area contributed by atoms with Gasteiger partial charge in [-0.1, -0.05) is 18.2 Å². The molecule has 0 fully saturated rings. The zero-order chi connectivity index (χ0) is 9.14. The van der Waals surface area contributed by atoms with Crippen LogP contribution in [0.3, 0.4) is 0 Å². The van der Waals surface area contributed by atoms with E-state index in [1.807, 2.05) is 0 Å². The van der Waals surface area contributed by atoms with Gasteiger partial charge in [0, 0.05) is 0 Å². The molecule has 0 amide bonds. The van der Waals surface area contributed by atoms with Gasteiger partial charge in [-0.15, -0.1) is 0 Å². The van der Waals surface area contributed by atoms with Crippen LogP contribution in [0.5, 0.6) is 0 Å². The van der Waals surface area contributed by atoms with E-state index in [1.165, 1.54) is 18.2 Å². The maximum Gasteiger partial charge on any atom is 0.335 e. The van der Waals surface area contributed by atoms with Crippen molar-refractivity contribution < 1.29 is 19.8 Å². The lowest BCUT2D eigenvalue weighted by atomic mass is 9.97. The second kappa shape index (κ2) is 3.21. The summed E-state index contributed by atoms with van der Waals surface area (Å²) in [4.78, 5) is 20.8. The summed E-state index contributed by atoms with van der Waals surface area (Å²) >= 11 is 0. The highest BCUT2D eigenvalue weighted by Crippen LogP contribution is 2.16. The number of aliphatic carboxylic acids is 2. The van der Waals surface area contributed by atoms with E-state index in [-0.39, 0.29) is 12.0 Å². The Kier molecular flexibility index (Phi) is 2.28. The largest absolute Gasteiger partial charge is 0.481 e. The fraction of sp³-hybridized carbons (Fsp3) is 0.250. The Balaban J connectivity index is 2.68. The van der Waals surface area contributed by atoms with E-state index in [9.17, 15) is 9.59 Å². The molecule has 1 atom stereocenters. The van der Waals surface area contributed by atoms with Crippen LogP contribution < -0.4 is 0 Å². The van der Waals surface area contributed by atoms with E-state index in [4.69, 9.17) is 10.2 Å². The molecule has 0 aromatic carbocycles. The lowest BCUT2D eigenvalue weighted by Gasteiger charge is -2.08. The predicted molar refractivity (Wildman–Crippen MR) is 40.6 cm³/mol. The van der Waals surface area contributed by atoms with E-state index in [1.54, 1.807) is 0 Å². The zero-order valence-corrected chi connectivity index (χ0v) is 6.23. The van der Waals surface area contributed by atoms with Crippen molar-refractivity contribution in [1.29, 1.82) is 0 Å². The van der Waals surface area contributed by atoms with Gasteiger partial charge in [0.2, 0.25) is 0 Å². The van der Waals surface area contributed by atoms with Crippen molar-refractivity contribution in [3.8, 4) is 0 Å². The molecule has 0 aromatic heterocycles. The van der Waals surface area contributed by atoms with Crippen LogP contribution in [0.1, 0.15) is 6.42 Å². The molecule has 0 spiro atoms. The fourth-order valence-corrected chi connectivity index (χ4v) is 0.962. The molecule has 0 heterocycles. The molecular formula is C8H8O4. The molecule has 64 valence electrons. The van der Waals surface area contributed by atoms with Gasteiger partial charge in [0.1, 0.15) is 0 Å². The molecular weight excluding hydrogens is 160 g/mol. The van der Waals surface area contributed by atoms with Gasteiger partial charge in [0.05, 0.1) is 11.5 Å². The van der Waals surface area contributed by atoms with Crippen molar-refractivity contribution in [3.05, 3.63) is 23.8 Å². The molecule has 0 radical (unpaired) electrons. The van der Waals surface area contributed by atoms with Crippen LogP contribution >= 0.6 is 0 Å². The molecule has 2 N–H and O–H groups in total. The van der Waals surface area contributed by atoms with Crippen LogP contribution in [0.4, 0.5) is 0 Å². The molecule has 0 saturated carbocycles. The maximum atomic E-state index is 10.4. The van der Waals surface area contributed by atoms with Crippen LogP contribution in [0.2, 0.25) is 0 Å². The molecule has 0 saturated heterocycles. The second-order valence-electron chi connectivity index (χ2n) is 2.50. The normalized spacial score (nSPS) is 21.7. The molecule has 0 aliphatic heterocycles. The van der Waals surface area contributed by atoms with E-state index in [2.05, 4.69) is 0 Å². The van der Waals surface area contributed by atoms with Crippen molar-refractivity contribution in [1.82, 2.24) is 0 Å². The monoisotopic (exact) mass is 168 g/mol. The van der Waals surface area contributed by atoms with Gasteiger partial charge in [-0.2, -0.15) is 0 Å². The first-order valence-corrected chi connectivity index (χ1v) is 3.45. The molecule has 1 aliphatic rings. The number of carbonyl (C=O) groups is 2. The summed E-state index contributed by atoms with van der Waals surface area (Å²) in [6.45, 7) is 0. The van der Waals surface area contributed by atoms with Gasteiger partial charge >= 0.3 is 11.9 Å². The Morgan fingerprint density at radius 3 is 2.42 bits per heavy atom. The third-order valence-electron chi connectivity index (χ3n) is 1.66. The van der Waals surface area contributed by atoms with Gasteiger partial charge in [0.25, 0.3) is 0 Å². The number of hydrogen-bond donors (Lipinski definition) is 2. The average Bonchev–Trinajstić information content (AvgIpc) is 2.04. The first kappa shape index (κ1) is 8.52. The summed E-state index contributed by atoms with van der Waals surface area (Å²) in [5, 5.41) is 17.0. The van der Waals surface area contributed by atoms with Crippen LogP contribution in [0.15, 0.2) is 23.8 Å². The smallest absolute Gasteiger partial charge is 0.335 e. The standard InChI is InChI=1S/C8H8O4/c9-7(10)5-1-2-6(4-3-5)8(11)12/h1-3,6H,4H2,(H,9,10)(H,11,12). The summed E-state index contributed by atoms with van der Waals surface area (Å²) in [6, 6.07) is 0. The van der Waals surface area contributed by atoms with Crippen molar-refractivity contribution in [2.75, 3.05) is 0 Å². The molecule has 4 nitrogen and oxygen atoms in total. The molecule has 1 aliphatic carbocycles. The first-order chi connectivity index (χ1) is 5.61. The van der Waals surface area contributed by atoms with Crippen LogP contribution in [0, 0.1) is 5.92 Å². The second-order valence-corrected chi connectivity index (χ2v) is 2.50. The predicted octanol–water partition coefficient (Wildman–Crippen LogP) is 0.658. The Morgan fingerprint density at radius 1 is 1.42 bits per heavy atom. The van der Waals surface area contributed by atoms with E-state index in [0.717, 1.165) is 0 Å². The van der Waals surface area contributed by atoms with Gasteiger partial charge < -0.3 is 10.2 Å². The Labute approximate surface area is 68.8 Å². The minimum Gasteiger partial charge on any atom is -0.481 e. The summed E-state index contributed by atoms with van der Waals surface area (Å²) in [6.07, 6.45) is 4.39. The number of hydrogen-bond acceptors (Lipinski definition) is 2. The molecule has 0 bridgehead atoms. The minimum atomic E-state index is -1.02. The summed E-state index contributed by atoms with van der Waals surface area (Å²) in [7, 11) is 0. The van der Waals surface area contributed by atoms with Gasteiger partial charge in [0.15, 0.2) is 0 Å². The number of rotatable bonds is 2. The van der Waals surface area contributed by atoms with Gasteiger partial charge in [-0.25, -0.2) is 4.79 Å². The SMILES string of the molecule is O=C(O)C1=CCC(C(=O)O)C=C1. The fourth-order valence-electron chi connectivity index (χ4n) is 0.962. The molecule has 1 rings (SSSR count). The highest BCUT2D eigenvalue weighted by Gasteiger charge is 2.17. The Bertz CT molecular complexity index is 275. The van der Waals surface area contributed by atoms with Crippen molar-refractivity contribution in [2.45, 2.75) is 6.42 Å². The van der Waals surface area contributed by atoms with Crippen molar-refractivity contribution >= 4 is 11.9 Å². The van der Waals surface area contributed by atoms with E-state index < -0.39 is 17.9 Å². The van der Waals surface area contributed by atoms with Crippen molar-refractivity contribution in [3.63, 3.8) is 0 Å². The molecule has 0 aromatic rings. The summed E-state index contributed by atoms with van der Waals surface area (Å²) in [5.41, 5.74) is 0.160. The average molecular weight is 168 g/mol. The lowest BCUT2D eigenvalue weighted by molar-refractivity contribution is -0.140. The zero-order valence-electron chi connectivity index (χ0n) is 6.23. The Hall–Kier alpha value is -1.58. The highest BCUT2D eigenvalue weighted by molar-refractivity contribution is 5.90. The third-order valence-corrected chi connectivity index (χ3v) is 1.66. The van der Waals surface area contributed by atoms with Gasteiger partial charge in [-0.05, 0) is 6.42 Å². The number of allylic oxidation sites excluding steroid dienone is 1. The van der Waals surface area contributed by atoms with Crippen LogP contribution in [-0.2, 0) is 9.59 Å². The van der Waals surface area contributed by atoms with E-state index in [0.29, 0.717) is 0 Å². The summed E-state index contributed by atoms with van der Waals surface area (Å²) < 4.78 is 0. The van der Waals surface area contributed by atoms with Crippen molar-refractivity contribution in [2.24, 2.45) is 5.92 Å². The molecule has 4 heteroatoms. The number of carboxylic acids is 2. The van der Waals surface area contributed by atoms with Gasteiger partial charge in [-0.3, -0.25) is 4.79 Å². The Morgan fingerprint density at radius 2 is 2.08 bits per heavy atom. The number of carboxylic acid groups (broad SMARTS) is 2. The highest BCUT2D eigenvalue weighted by atomic mass is 16.4. The first-order valence-electron chi connectivity index (χ1n) is 3.45.